The van der Waals surface area contributed by atoms with Gasteiger partial charge in [-0.05, 0) is 83.1 Å². The molecule has 7 nitrogen and oxygen atoms in total. The lowest BCUT2D eigenvalue weighted by Crippen LogP contribution is -2.37. The van der Waals surface area contributed by atoms with Crippen LogP contribution in [0, 0.1) is 13.8 Å². The van der Waals surface area contributed by atoms with Crippen molar-refractivity contribution in [3.63, 3.8) is 0 Å². The van der Waals surface area contributed by atoms with Gasteiger partial charge in [-0.3, -0.25) is 9.59 Å². The van der Waals surface area contributed by atoms with Crippen LogP contribution in [0.5, 0.6) is 5.75 Å². The van der Waals surface area contributed by atoms with Crippen LogP contribution in [-0.2, 0) is 13.1 Å². The Balaban J connectivity index is 0.000000233. The van der Waals surface area contributed by atoms with Crippen LogP contribution in [0.2, 0.25) is 10.2 Å². The summed E-state index contributed by atoms with van der Waals surface area (Å²) >= 11 is 12.0. The van der Waals surface area contributed by atoms with E-state index in [0.29, 0.717) is 33.9 Å². The fourth-order valence-electron chi connectivity index (χ4n) is 5.13. The van der Waals surface area contributed by atoms with Crippen LogP contribution >= 0.6 is 23.2 Å². The summed E-state index contributed by atoms with van der Waals surface area (Å²) in [6.45, 7) is 8.34. The van der Waals surface area contributed by atoms with Gasteiger partial charge in [-0.1, -0.05) is 54.6 Å². The SMILES string of the molecule is CCN(c1cc(Cl)cc(C=O)c1C)C1CCCCC1.CNCc1c(Cl)[nH]c(C)cc1=O.CNCc1cccc(OC)c1. The Morgan fingerprint density at radius 2 is 1.71 bits per heavy atom. The van der Waals surface area contributed by atoms with Crippen LogP contribution < -0.4 is 25.7 Å². The zero-order chi connectivity index (χ0) is 31.1. The molecule has 3 N–H and O–H groups in total. The molecule has 1 aromatic heterocycles. The minimum absolute atomic E-state index is 0.0226. The van der Waals surface area contributed by atoms with Crippen molar-refractivity contribution in [1.29, 1.82) is 0 Å². The predicted molar refractivity (Wildman–Crippen MR) is 177 cm³/mol. The highest BCUT2D eigenvalue weighted by atomic mass is 35.5. The van der Waals surface area contributed by atoms with Crippen LogP contribution in [-0.4, -0.2) is 45.1 Å². The van der Waals surface area contributed by atoms with E-state index in [1.165, 1.54) is 37.7 Å². The molecule has 1 fully saturated rings. The molecule has 230 valence electrons. The Bertz CT molecular complexity index is 1320. The Hall–Kier alpha value is -2.84. The van der Waals surface area contributed by atoms with Gasteiger partial charge in [0, 0.05) is 59.3 Å². The lowest BCUT2D eigenvalue weighted by atomic mass is 9.93. The molecule has 0 unspecified atom stereocenters. The maximum Gasteiger partial charge on any atom is 0.187 e. The van der Waals surface area contributed by atoms with Gasteiger partial charge in [0.05, 0.1) is 7.11 Å². The number of pyridine rings is 1. The molecule has 0 bridgehead atoms. The number of H-pyrrole nitrogens is 1. The first-order valence-corrected chi connectivity index (χ1v) is 15.3. The van der Waals surface area contributed by atoms with E-state index in [2.05, 4.69) is 33.5 Å². The van der Waals surface area contributed by atoms with Gasteiger partial charge < -0.3 is 25.3 Å². The summed E-state index contributed by atoms with van der Waals surface area (Å²) in [4.78, 5) is 27.8. The number of methoxy groups -OCH3 is 1. The molecule has 2 aromatic carbocycles. The summed E-state index contributed by atoms with van der Waals surface area (Å²) in [6.07, 6.45) is 7.36. The fraction of sp³-hybridized carbons (Fsp3) is 0.455. The lowest BCUT2D eigenvalue weighted by molar-refractivity contribution is 0.112. The van der Waals surface area contributed by atoms with E-state index in [4.69, 9.17) is 27.9 Å². The number of benzene rings is 2. The average Bonchev–Trinajstić information content (AvgIpc) is 2.98. The largest absolute Gasteiger partial charge is 0.497 e. The van der Waals surface area contributed by atoms with Gasteiger partial charge in [0.25, 0.3) is 0 Å². The Morgan fingerprint density at radius 3 is 2.29 bits per heavy atom. The van der Waals surface area contributed by atoms with E-state index in [1.54, 1.807) is 33.2 Å². The summed E-state index contributed by atoms with van der Waals surface area (Å²) in [5, 5.41) is 7.04. The number of aryl methyl sites for hydroxylation is 1. The van der Waals surface area contributed by atoms with Crippen LogP contribution in [0.1, 0.15) is 71.8 Å². The van der Waals surface area contributed by atoms with Crippen molar-refractivity contribution >= 4 is 35.2 Å². The molecule has 0 radical (unpaired) electrons. The summed E-state index contributed by atoms with van der Waals surface area (Å²) in [6, 6.07) is 13.9. The Kier molecular flexibility index (Phi) is 15.7. The minimum atomic E-state index is -0.0226. The Labute approximate surface area is 261 Å². The van der Waals surface area contributed by atoms with Crippen LogP contribution in [0.25, 0.3) is 0 Å². The van der Waals surface area contributed by atoms with Crippen LogP contribution in [0.15, 0.2) is 47.3 Å². The molecule has 3 aromatic rings. The minimum Gasteiger partial charge on any atom is -0.497 e. The highest BCUT2D eigenvalue weighted by Gasteiger charge is 2.22. The highest BCUT2D eigenvalue weighted by Crippen LogP contribution is 2.32. The van der Waals surface area contributed by atoms with Gasteiger partial charge in [-0.25, -0.2) is 0 Å². The molecule has 0 spiro atoms. The van der Waals surface area contributed by atoms with Crippen LogP contribution in [0.4, 0.5) is 5.69 Å². The molecule has 0 atom stereocenters. The first kappa shape index (κ1) is 35.4. The standard InChI is InChI=1S/C16H22ClNO.C9H13NO.C8H11ClN2O/c1-3-18(15-7-5-4-6-8-15)16-10-14(17)9-13(11-19)12(16)2;1-10-7-8-4-3-5-9(6-8)11-2;1-5-3-7(12)6(4-10-2)8(9)11-5/h9-11,15H,3-8H2,1-2H3;3-6,10H,7H2,1-2H3;3,10H,4H2,1-2H3,(H,11,12). The quantitative estimate of drug-likeness (QED) is 0.176. The van der Waals surface area contributed by atoms with E-state index >= 15 is 0 Å². The van der Waals surface area contributed by atoms with Crippen molar-refractivity contribution in [2.45, 2.75) is 72.0 Å². The second kappa shape index (κ2) is 18.6. The van der Waals surface area contributed by atoms with E-state index in [9.17, 15) is 9.59 Å². The van der Waals surface area contributed by atoms with E-state index in [-0.39, 0.29) is 5.43 Å². The number of nitrogens with zero attached hydrogens (tertiary/aromatic N) is 1. The molecule has 1 heterocycles. The third kappa shape index (κ3) is 10.8. The molecule has 0 aliphatic heterocycles. The number of ether oxygens (including phenoxy) is 1. The number of hydrogen-bond donors (Lipinski definition) is 3. The Morgan fingerprint density at radius 1 is 1.02 bits per heavy atom. The van der Waals surface area contributed by atoms with Gasteiger partial charge in [-0.2, -0.15) is 0 Å². The maximum atomic E-state index is 11.3. The number of aromatic amines is 1. The normalized spacial score (nSPS) is 12.9. The molecule has 1 saturated carbocycles. The first-order valence-electron chi connectivity index (χ1n) is 14.5. The lowest BCUT2D eigenvalue weighted by Gasteiger charge is -2.36. The number of carbonyl (C=O) groups excluding carboxylic acids is 1. The monoisotopic (exact) mass is 616 g/mol. The first-order chi connectivity index (χ1) is 20.2. The van der Waals surface area contributed by atoms with Gasteiger partial charge in [-0.15, -0.1) is 0 Å². The number of carbonyl (C=O) groups is 1. The van der Waals surface area contributed by atoms with Crippen molar-refractivity contribution < 1.29 is 9.53 Å². The molecular weight excluding hydrogens is 571 g/mol. The van der Waals surface area contributed by atoms with Crippen molar-refractivity contribution in [2.75, 3.05) is 32.6 Å². The average molecular weight is 618 g/mol. The van der Waals surface area contributed by atoms with Crippen LogP contribution in [0.3, 0.4) is 0 Å². The van der Waals surface area contributed by atoms with Gasteiger partial charge in [0.15, 0.2) is 5.43 Å². The second-order valence-corrected chi connectivity index (χ2v) is 11.2. The number of rotatable bonds is 9. The highest BCUT2D eigenvalue weighted by molar-refractivity contribution is 6.31. The predicted octanol–water partition coefficient (Wildman–Crippen LogP) is 7.09. The molecule has 9 heteroatoms. The number of nitrogens with one attached hydrogen (secondary N) is 3. The summed E-state index contributed by atoms with van der Waals surface area (Å²) in [5.74, 6) is 0.915. The molecule has 0 amide bonds. The van der Waals surface area contributed by atoms with Crippen molar-refractivity contribution in [3.05, 3.63) is 90.8 Å². The van der Waals surface area contributed by atoms with E-state index in [0.717, 1.165) is 42.1 Å². The number of anilines is 1. The molecule has 0 saturated heterocycles. The molecule has 4 rings (SSSR count). The summed E-state index contributed by atoms with van der Waals surface area (Å²) in [7, 11) is 5.38. The maximum absolute atomic E-state index is 11.3. The summed E-state index contributed by atoms with van der Waals surface area (Å²) < 4.78 is 5.07. The molecule has 1 aliphatic rings. The smallest absolute Gasteiger partial charge is 0.187 e. The van der Waals surface area contributed by atoms with Gasteiger partial charge in [0.2, 0.25) is 0 Å². The third-order valence-electron chi connectivity index (χ3n) is 7.26. The van der Waals surface area contributed by atoms with Crippen molar-refractivity contribution in [1.82, 2.24) is 15.6 Å². The molecular formula is C33H46Cl2N4O3. The summed E-state index contributed by atoms with van der Waals surface area (Å²) in [5.41, 5.74) is 5.47. The van der Waals surface area contributed by atoms with Gasteiger partial charge in [0.1, 0.15) is 17.2 Å². The fourth-order valence-corrected chi connectivity index (χ4v) is 5.66. The molecule has 1 aliphatic carbocycles. The zero-order valence-corrected chi connectivity index (χ0v) is 27.3. The topological polar surface area (TPSA) is 86.5 Å². The number of aldehydes is 1. The van der Waals surface area contributed by atoms with Crippen molar-refractivity contribution in [2.24, 2.45) is 0 Å². The second-order valence-electron chi connectivity index (χ2n) is 10.4. The van der Waals surface area contributed by atoms with Gasteiger partial charge >= 0.3 is 0 Å². The number of aromatic nitrogens is 1. The van der Waals surface area contributed by atoms with E-state index in [1.807, 2.05) is 38.2 Å². The zero-order valence-electron chi connectivity index (χ0n) is 25.8. The van der Waals surface area contributed by atoms with E-state index < -0.39 is 0 Å². The molecule has 42 heavy (non-hydrogen) atoms. The number of halogens is 2. The number of hydrogen-bond acceptors (Lipinski definition) is 6. The third-order valence-corrected chi connectivity index (χ3v) is 7.80. The van der Waals surface area contributed by atoms with Crippen molar-refractivity contribution in [3.8, 4) is 5.75 Å².